The molecule has 0 unspecified atom stereocenters. The molecule has 1 amide bonds. The van der Waals surface area contributed by atoms with E-state index in [9.17, 15) is 15.2 Å². The predicted octanol–water partition coefficient (Wildman–Crippen LogP) is 4.66. The summed E-state index contributed by atoms with van der Waals surface area (Å²) in [4.78, 5) is 12.4. The molecule has 0 radical (unpaired) electrons. The number of halogens is 1. The van der Waals surface area contributed by atoms with Crippen molar-refractivity contribution in [3.05, 3.63) is 57.6 Å². The summed E-state index contributed by atoms with van der Waals surface area (Å²) in [5, 5.41) is 21.9. The summed E-state index contributed by atoms with van der Waals surface area (Å²) in [6.45, 7) is 4.24. The fourth-order valence-electron chi connectivity index (χ4n) is 2.27. The van der Waals surface area contributed by atoms with Crippen molar-refractivity contribution in [2.75, 3.05) is 11.9 Å². The molecule has 2 aromatic carbocycles. The third kappa shape index (κ3) is 4.87. The van der Waals surface area contributed by atoms with Crippen LogP contribution in [0.15, 0.2) is 46.4 Å². The first-order valence-corrected chi connectivity index (χ1v) is 8.95. The SMILES string of the molecule is CCOc1cc(/C=C(\C#N)C(=O)Nc2ccc(CC)cc2)c(Br)cc1O. The third-order valence-corrected chi connectivity index (χ3v) is 4.35. The van der Waals surface area contributed by atoms with Gasteiger partial charge in [-0.3, -0.25) is 4.79 Å². The van der Waals surface area contributed by atoms with Crippen LogP contribution in [0.5, 0.6) is 11.5 Å². The second-order valence-corrected chi connectivity index (χ2v) is 6.30. The second-order valence-electron chi connectivity index (χ2n) is 5.45. The van der Waals surface area contributed by atoms with Crippen molar-refractivity contribution in [1.29, 1.82) is 5.26 Å². The van der Waals surface area contributed by atoms with Gasteiger partial charge >= 0.3 is 0 Å². The lowest BCUT2D eigenvalue weighted by molar-refractivity contribution is -0.112. The molecule has 0 heterocycles. The number of phenolic OH excluding ortho intramolecular Hbond substituents is 1. The lowest BCUT2D eigenvalue weighted by Gasteiger charge is -2.09. The zero-order valence-electron chi connectivity index (χ0n) is 14.5. The Morgan fingerprint density at radius 3 is 2.58 bits per heavy atom. The molecule has 0 fully saturated rings. The molecule has 0 aliphatic carbocycles. The highest BCUT2D eigenvalue weighted by Crippen LogP contribution is 2.33. The number of carbonyl (C=O) groups excluding carboxylic acids is 1. The quantitative estimate of drug-likeness (QED) is 0.531. The molecule has 0 spiro atoms. The van der Waals surface area contributed by atoms with E-state index in [0.29, 0.717) is 22.3 Å². The molecule has 0 bridgehead atoms. The van der Waals surface area contributed by atoms with Crippen LogP contribution in [0.4, 0.5) is 5.69 Å². The monoisotopic (exact) mass is 414 g/mol. The number of amides is 1. The van der Waals surface area contributed by atoms with Crippen LogP contribution in [0.3, 0.4) is 0 Å². The van der Waals surface area contributed by atoms with E-state index in [4.69, 9.17) is 4.74 Å². The number of nitrogens with zero attached hydrogens (tertiary/aromatic N) is 1. The molecule has 134 valence electrons. The number of phenols is 1. The Kier molecular flexibility index (Phi) is 6.81. The van der Waals surface area contributed by atoms with E-state index in [2.05, 4.69) is 28.2 Å². The molecule has 6 heteroatoms. The molecule has 0 saturated carbocycles. The number of carbonyl (C=O) groups is 1. The number of rotatable bonds is 6. The van der Waals surface area contributed by atoms with Crippen molar-refractivity contribution >= 4 is 33.6 Å². The van der Waals surface area contributed by atoms with E-state index in [1.807, 2.05) is 18.2 Å². The van der Waals surface area contributed by atoms with E-state index in [0.717, 1.165) is 12.0 Å². The van der Waals surface area contributed by atoms with Gasteiger partial charge in [-0.1, -0.05) is 35.0 Å². The van der Waals surface area contributed by atoms with E-state index in [1.54, 1.807) is 25.1 Å². The van der Waals surface area contributed by atoms with E-state index < -0.39 is 5.91 Å². The molecule has 26 heavy (non-hydrogen) atoms. The van der Waals surface area contributed by atoms with E-state index in [-0.39, 0.29) is 17.1 Å². The number of ether oxygens (including phenoxy) is 1. The van der Waals surface area contributed by atoms with Crippen LogP contribution < -0.4 is 10.1 Å². The Morgan fingerprint density at radius 2 is 2.00 bits per heavy atom. The Hall–Kier alpha value is -2.78. The van der Waals surface area contributed by atoms with Crippen molar-refractivity contribution in [3.8, 4) is 17.6 Å². The first-order chi connectivity index (χ1) is 12.5. The molecular weight excluding hydrogens is 396 g/mol. The van der Waals surface area contributed by atoms with Crippen LogP contribution in [0, 0.1) is 11.3 Å². The third-order valence-electron chi connectivity index (χ3n) is 3.66. The summed E-state index contributed by atoms with van der Waals surface area (Å²) in [5.41, 5.74) is 2.28. The number of anilines is 1. The normalized spacial score (nSPS) is 10.9. The van der Waals surface area contributed by atoms with Gasteiger partial charge in [-0.15, -0.1) is 0 Å². The number of nitrogens with one attached hydrogen (secondary N) is 1. The van der Waals surface area contributed by atoms with E-state index in [1.165, 1.54) is 12.1 Å². The standard InChI is InChI=1S/C20H19BrN2O3/c1-3-13-5-7-16(8-6-13)23-20(25)15(12-22)9-14-10-19(26-4-2)18(24)11-17(14)21/h5-11,24H,3-4H2,1-2H3,(H,23,25)/b15-9+. The average Bonchev–Trinajstić information content (AvgIpc) is 2.63. The molecule has 2 rings (SSSR count). The van der Waals surface area contributed by atoms with Crippen LogP contribution in [-0.4, -0.2) is 17.6 Å². The number of hydrogen-bond donors (Lipinski definition) is 2. The van der Waals surface area contributed by atoms with E-state index >= 15 is 0 Å². The van der Waals surface area contributed by atoms with Crippen molar-refractivity contribution in [2.24, 2.45) is 0 Å². The smallest absolute Gasteiger partial charge is 0.266 e. The van der Waals surface area contributed by atoms with Gasteiger partial charge in [-0.05, 0) is 54.8 Å². The number of nitriles is 1. The Bertz CT molecular complexity index is 868. The van der Waals surface area contributed by atoms with Crippen LogP contribution >= 0.6 is 15.9 Å². The lowest BCUT2D eigenvalue weighted by Crippen LogP contribution is -2.13. The van der Waals surface area contributed by atoms with Gasteiger partial charge in [-0.25, -0.2) is 0 Å². The van der Waals surface area contributed by atoms with Gasteiger partial charge in [0, 0.05) is 10.2 Å². The second kappa shape index (κ2) is 9.07. The number of benzene rings is 2. The van der Waals surface area contributed by atoms with Gasteiger partial charge in [0.1, 0.15) is 11.6 Å². The minimum Gasteiger partial charge on any atom is -0.504 e. The zero-order chi connectivity index (χ0) is 19.1. The van der Waals surface area contributed by atoms with Crippen LogP contribution in [0.2, 0.25) is 0 Å². The summed E-state index contributed by atoms with van der Waals surface area (Å²) in [7, 11) is 0. The summed E-state index contributed by atoms with van der Waals surface area (Å²) < 4.78 is 5.89. The predicted molar refractivity (Wildman–Crippen MR) is 105 cm³/mol. The topological polar surface area (TPSA) is 82.3 Å². The fourth-order valence-corrected chi connectivity index (χ4v) is 2.71. The number of aromatic hydroxyl groups is 1. The minimum absolute atomic E-state index is 0.0187. The van der Waals surface area contributed by atoms with Crippen LogP contribution in [-0.2, 0) is 11.2 Å². The number of aryl methyl sites for hydroxylation is 1. The van der Waals surface area contributed by atoms with Crippen molar-refractivity contribution in [1.82, 2.24) is 0 Å². The Balaban J connectivity index is 2.27. The molecule has 0 aromatic heterocycles. The fraction of sp³-hybridized carbons (Fsp3) is 0.200. The van der Waals surface area contributed by atoms with Gasteiger partial charge in [0.25, 0.3) is 5.91 Å². The van der Waals surface area contributed by atoms with Crippen LogP contribution in [0.25, 0.3) is 6.08 Å². The highest BCUT2D eigenvalue weighted by atomic mass is 79.9. The van der Waals surface area contributed by atoms with Gasteiger partial charge in [0.15, 0.2) is 11.5 Å². The maximum absolute atomic E-state index is 12.4. The number of hydrogen-bond acceptors (Lipinski definition) is 4. The first kappa shape index (κ1) is 19.5. The van der Waals surface area contributed by atoms with Crippen LogP contribution in [0.1, 0.15) is 25.0 Å². The minimum atomic E-state index is -0.505. The molecular formula is C20H19BrN2O3. The highest BCUT2D eigenvalue weighted by Gasteiger charge is 2.13. The first-order valence-electron chi connectivity index (χ1n) is 8.15. The molecule has 0 atom stereocenters. The summed E-state index contributed by atoms with van der Waals surface area (Å²) in [6.07, 6.45) is 2.36. The Labute approximate surface area is 161 Å². The van der Waals surface area contributed by atoms with Gasteiger partial charge < -0.3 is 15.2 Å². The summed E-state index contributed by atoms with van der Waals surface area (Å²) >= 11 is 3.32. The summed E-state index contributed by atoms with van der Waals surface area (Å²) in [6, 6.07) is 12.4. The molecule has 2 N–H and O–H groups in total. The van der Waals surface area contributed by atoms with Gasteiger partial charge in [0.2, 0.25) is 0 Å². The van der Waals surface area contributed by atoms with Crippen molar-refractivity contribution in [3.63, 3.8) is 0 Å². The maximum atomic E-state index is 12.4. The maximum Gasteiger partial charge on any atom is 0.266 e. The van der Waals surface area contributed by atoms with Gasteiger partial charge in [0.05, 0.1) is 6.61 Å². The van der Waals surface area contributed by atoms with Gasteiger partial charge in [-0.2, -0.15) is 5.26 Å². The Morgan fingerprint density at radius 1 is 1.31 bits per heavy atom. The molecule has 2 aromatic rings. The largest absolute Gasteiger partial charge is 0.504 e. The average molecular weight is 415 g/mol. The summed E-state index contributed by atoms with van der Waals surface area (Å²) in [5.74, 6) is -0.237. The molecule has 0 aliphatic rings. The highest BCUT2D eigenvalue weighted by molar-refractivity contribution is 9.10. The molecule has 0 saturated heterocycles. The zero-order valence-corrected chi connectivity index (χ0v) is 16.1. The molecule has 5 nitrogen and oxygen atoms in total. The lowest BCUT2D eigenvalue weighted by atomic mass is 10.1. The molecule has 0 aliphatic heterocycles. The van der Waals surface area contributed by atoms with Crippen molar-refractivity contribution < 1.29 is 14.6 Å². The van der Waals surface area contributed by atoms with Crippen molar-refractivity contribution in [2.45, 2.75) is 20.3 Å².